The number of benzene rings is 1. The molecule has 0 aliphatic rings. The highest BCUT2D eigenvalue weighted by Crippen LogP contribution is 2.39. The van der Waals surface area contributed by atoms with E-state index in [-0.39, 0.29) is 16.8 Å². The fourth-order valence-electron chi connectivity index (χ4n) is 2.53. The second kappa shape index (κ2) is 6.94. The van der Waals surface area contributed by atoms with Crippen molar-refractivity contribution in [1.29, 1.82) is 0 Å². The molecule has 0 saturated heterocycles. The Bertz CT molecular complexity index is 612. The van der Waals surface area contributed by atoms with E-state index in [4.69, 9.17) is 21.9 Å². The van der Waals surface area contributed by atoms with Gasteiger partial charge in [-0.3, -0.25) is 0 Å². The molecule has 0 fully saturated rings. The van der Waals surface area contributed by atoms with Crippen LogP contribution in [0.4, 0.5) is 10.2 Å². The summed E-state index contributed by atoms with van der Waals surface area (Å²) < 4.78 is 19.7. The SMILES string of the molecule is CCCCC(CC)c1onc(N)c1-c1cccc(Cl)c1F. The van der Waals surface area contributed by atoms with E-state index < -0.39 is 5.82 Å². The highest BCUT2D eigenvalue weighted by molar-refractivity contribution is 6.31. The fraction of sp³-hybridized carbons (Fsp3) is 0.438. The van der Waals surface area contributed by atoms with Crippen molar-refractivity contribution >= 4 is 17.4 Å². The van der Waals surface area contributed by atoms with Crippen LogP contribution in [-0.2, 0) is 0 Å². The van der Waals surface area contributed by atoms with Gasteiger partial charge in [0.05, 0.1) is 10.6 Å². The van der Waals surface area contributed by atoms with Gasteiger partial charge in [-0.1, -0.05) is 55.6 Å². The van der Waals surface area contributed by atoms with Gasteiger partial charge in [0.2, 0.25) is 0 Å². The molecule has 0 saturated carbocycles. The number of nitrogens with two attached hydrogens (primary N) is 1. The average Bonchev–Trinajstić information content (AvgIpc) is 2.85. The van der Waals surface area contributed by atoms with Gasteiger partial charge in [0.1, 0.15) is 11.6 Å². The fourth-order valence-corrected chi connectivity index (χ4v) is 2.71. The predicted octanol–water partition coefficient (Wildman–Crippen LogP) is 5.40. The highest BCUT2D eigenvalue weighted by atomic mass is 35.5. The van der Waals surface area contributed by atoms with Crippen LogP contribution in [0.2, 0.25) is 5.02 Å². The summed E-state index contributed by atoms with van der Waals surface area (Å²) in [4.78, 5) is 0. The summed E-state index contributed by atoms with van der Waals surface area (Å²) in [6.07, 6.45) is 4.04. The zero-order valence-electron chi connectivity index (χ0n) is 12.3. The monoisotopic (exact) mass is 310 g/mol. The molecule has 2 rings (SSSR count). The number of hydrogen-bond donors (Lipinski definition) is 1. The van der Waals surface area contributed by atoms with Gasteiger partial charge in [-0.2, -0.15) is 0 Å². The molecule has 114 valence electrons. The smallest absolute Gasteiger partial charge is 0.175 e. The molecular formula is C16H20ClFN2O. The van der Waals surface area contributed by atoms with E-state index in [1.54, 1.807) is 12.1 Å². The first-order chi connectivity index (χ1) is 10.1. The summed E-state index contributed by atoms with van der Waals surface area (Å²) in [7, 11) is 0. The Hall–Kier alpha value is -1.55. The van der Waals surface area contributed by atoms with Crippen molar-refractivity contribution in [3.05, 3.63) is 34.8 Å². The van der Waals surface area contributed by atoms with Gasteiger partial charge in [0, 0.05) is 11.5 Å². The van der Waals surface area contributed by atoms with E-state index in [1.165, 1.54) is 6.07 Å². The van der Waals surface area contributed by atoms with Crippen LogP contribution in [-0.4, -0.2) is 5.16 Å². The Morgan fingerprint density at radius 1 is 1.38 bits per heavy atom. The van der Waals surface area contributed by atoms with Crippen LogP contribution < -0.4 is 5.73 Å². The Labute approximate surface area is 129 Å². The van der Waals surface area contributed by atoms with E-state index in [2.05, 4.69) is 19.0 Å². The number of unbranched alkanes of at least 4 members (excludes halogenated alkanes) is 1. The molecule has 0 amide bonds. The zero-order chi connectivity index (χ0) is 15.4. The van der Waals surface area contributed by atoms with Crippen molar-refractivity contribution in [2.24, 2.45) is 0 Å². The Kier molecular flexibility index (Phi) is 5.23. The first-order valence-electron chi connectivity index (χ1n) is 7.29. The van der Waals surface area contributed by atoms with E-state index in [1.807, 2.05) is 0 Å². The number of rotatable bonds is 6. The van der Waals surface area contributed by atoms with Crippen molar-refractivity contribution < 1.29 is 8.91 Å². The summed E-state index contributed by atoms with van der Waals surface area (Å²) >= 11 is 5.87. The summed E-state index contributed by atoms with van der Waals surface area (Å²) in [6, 6.07) is 4.86. The lowest BCUT2D eigenvalue weighted by Crippen LogP contribution is -2.00. The predicted molar refractivity (Wildman–Crippen MR) is 83.9 cm³/mol. The first-order valence-corrected chi connectivity index (χ1v) is 7.67. The lowest BCUT2D eigenvalue weighted by atomic mass is 9.91. The largest absolute Gasteiger partial charge is 0.380 e. The summed E-state index contributed by atoms with van der Waals surface area (Å²) in [5.74, 6) is 0.564. The molecule has 0 spiro atoms. The van der Waals surface area contributed by atoms with Crippen molar-refractivity contribution in [3.8, 4) is 11.1 Å². The molecule has 1 unspecified atom stereocenters. The quantitative estimate of drug-likeness (QED) is 0.777. The van der Waals surface area contributed by atoms with Crippen molar-refractivity contribution in [3.63, 3.8) is 0 Å². The Morgan fingerprint density at radius 2 is 2.14 bits per heavy atom. The van der Waals surface area contributed by atoms with E-state index >= 15 is 0 Å². The lowest BCUT2D eigenvalue weighted by Gasteiger charge is -2.13. The normalized spacial score (nSPS) is 12.6. The molecule has 0 aliphatic carbocycles. The van der Waals surface area contributed by atoms with Crippen LogP contribution in [0.3, 0.4) is 0 Å². The van der Waals surface area contributed by atoms with Crippen LogP contribution >= 0.6 is 11.6 Å². The van der Waals surface area contributed by atoms with Crippen LogP contribution in [0.25, 0.3) is 11.1 Å². The first kappa shape index (κ1) is 15.8. The highest BCUT2D eigenvalue weighted by Gasteiger charge is 2.25. The van der Waals surface area contributed by atoms with Gasteiger partial charge in [-0.15, -0.1) is 0 Å². The number of nitrogens with zero attached hydrogens (tertiary/aromatic N) is 1. The number of hydrogen-bond acceptors (Lipinski definition) is 3. The standard InChI is InChI=1S/C16H20ClFN2O/c1-3-5-7-10(4-2)15-13(16(19)20-21-15)11-8-6-9-12(17)14(11)18/h6,8-10H,3-5,7H2,1-2H3,(H2,19,20). The zero-order valence-corrected chi connectivity index (χ0v) is 13.1. The molecule has 5 heteroatoms. The van der Waals surface area contributed by atoms with Gasteiger partial charge >= 0.3 is 0 Å². The molecule has 2 N–H and O–H groups in total. The number of aromatic nitrogens is 1. The van der Waals surface area contributed by atoms with Crippen LogP contribution in [0.15, 0.2) is 22.7 Å². The maximum atomic E-state index is 14.3. The van der Waals surface area contributed by atoms with Crippen molar-refractivity contribution in [2.75, 3.05) is 5.73 Å². The van der Waals surface area contributed by atoms with Crippen LogP contribution in [0, 0.1) is 5.82 Å². The maximum Gasteiger partial charge on any atom is 0.175 e. The minimum absolute atomic E-state index is 0.0701. The molecule has 0 aliphatic heterocycles. The Morgan fingerprint density at radius 3 is 2.81 bits per heavy atom. The van der Waals surface area contributed by atoms with Crippen LogP contribution in [0.5, 0.6) is 0 Å². The van der Waals surface area contributed by atoms with Crippen molar-refractivity contribution in [2.45, 2.75) is 45.4 Å². The molecule has 1 aromatic carbocycles. The molecule has 3 nitrogen and oxygen atoms in total. The van der Waals surface area contributed by atoms with Gasteiger partial charge < -0.3 is 10.3 Å². The summed E-state index contributed by atoms with van der Waals surface area (Å²) in [5, 5.41) is 3.90. The lowest BCUT2D eigenvalue weighted by molar-refractivity contribution is 0.349. The third-order valence-corrected chi connectivity index (χ3v) is 4.03. The minimum atomic E-state index is -0.485. The molecule has 1 heterocycles. The average molecular weight is 311 g/mol. The van der Waals surface area contributed by atoms with Gasteiger partial charge in [-0.25, -0.2) is 4.39 Å². The third-order valence-electron chi connectivity index (χ3n) is 3.74. The van der Waals surface area contributed by atoms with E-state index in [0.29, 0.717) is 16.9 Å². The minimum Gasteiger partial charge on any atom is -0.380 e. The second-order valence-electron chi connectivity index (χ2n) is 5.16. The third kappa shape index (κ3) is 3.21. The van der Waals surface area contributed by atoms with E-state index in [0.717, 1.165) is 25.7 Å². The molecule has 0 bridgehead atoms. The molecule has 1 aromatic heterocycles. The van der Waals surface area contributed by atoms with Gasteiger partial charge in [-0.05, 0) is 18.9 Å². The molecule has 2 aromatic rings. The molecule has 21 heavy (non-hydrogen) atoms. The number of halogens is 2. The maximum absolute atomic E-state index is 14.3. The second-order valence-corrected chi connectivity index (χ2v) is 5.56. The van der Waals surface area contributed by atoms with Gasteiger partial charge in [0.15, 0.2) is 5.82 Å². The topological polar surface area (TPSA) is 52.0 Å². The molecule has 0 radical (unpaired) electrons. The van der Waals surface area contributed by atoms with Crippen LogP contribution in [0.1, 0.15) is 51.2 Å². The summed E-state index contributed by atoms with van der Waals surface area (Å²) in [6.45, 7) is 4.22. The molecular weight excluding hydrogens is 291 g/mol. The number of nitrogen functional groups attached to an aromatic ring is 1. The molecule has 1 atom stereocenters. The Balaban J connectivity index is 2.49. The van der Waals surface area contributed by atoms with Crippen molar-refractivity contribution in [1.82, 2.24) is 5.16 Å². The number of anilines is 1. The summed E-state index contributed by atoms with van der Waals surface area (Å²) in [5.41, 5.74) is 6.79. The van der Waals surface area contributed by atoms with Gasteiger partial charge in [0.25, 0.3) is 0 Å². The van der Waals surface area contributed by atoms with E-state index in [9.17, 15) is 4.39 Å².